The van der Waals surface area contributed by atoms with E-state index in [0.29, 0.717) is 19.4 Å². The Morgan fingerprint density at radius 1 is 0.386 bits per heavy atom. The highest BCUT2D eigenvalue weighted by molar-refractivity contribution is 5.76. The fourth-order valence-electron chi connectivity index (χ4n) is 9.87. The molecular weight excluding hydrogens is 863 g/mol. The molecule has 6 heteroatoms. The van der Waals surface area contributed by atoms with Gasteiger partial charge in [0.15, 0.2) is 0 Å². The first-order chi connectivity index (χ1) is 34.5. The smallest absolute Gasteiger partial charge is 0.305 e. The second kappa shape index (κ2) is 59.9. The SMILES string of the molecule is CCCCCCCC/C=C\CCCCCCCCCC(=O)OCCCCCCCCCCCCCCC(=O)NC(CO)C(O)/C=C/CCCCCCCCCCCCCCCCCCCCCCCC. The van der Waals surface area contributed by atoms with Gasteiger partial charge in [-0.25, -0.2) is 0 Å². The van der Waals surface area contributed by atoms with E-state index in [1.807, 2.05) is 6.08 Å². The molecule has 0 radical (unpaired) electrons. The molecule has 2 atom stereocenters. The number of ether oxygens (including phenoxy) is 1. The number of hydrogen-bond donors (Lipinski definition) is 3. The largest absolute Gasteiger partial charge is 0.466 e. The summed E-state index contributed by atoms with van der Waals surface area (Å²) >= 11 is 0. The van der Waals surface area contributed by atoms with E-state index in [-0.39, 0.29) is 18.5 Å². The lowest BCUT2D eigenvalue weighted by Crippen LogP contribution is -2.45. The van der Waals surface area contributed by atoms with Crippen molar-refractivity contribution in [2.75, 3.05) is 13.2 Å². The molecule has 414 valence electrons. The van der Waals surface area contributed by atoms with Gasteiger partial charge in [0.2, 0.25) is 5.91 Å². The van der Waals surface area contributed by atoms with Gasteiger partial charge in [0.05, 0.1) is 25.4 Å². The Labute approximate surface area is 437 Å². The van der Waals surface area contributed by atoms with Gasteiger partial charge in [-0.05, 0) is 57.8 Å². The van der Waals surface area contributed by atoms with E-state index >= 15 is 0 Å². The van der Waals surface area contributed by atoms with Gasteiger partial charge >= 0.3 is 5.97 Å². The lowest BCUT2D eigenvalue weighted by atomic mass is 10.0. The van der Waals surface area contributed by atoms with Gasteiger partial charge in [-0.1, -0.05) is 301 Å². The molecule has 0 aliphatic rings. The summed E-state index contributed by atoms with van der Waals surface area (Å²) < 4.78 is 5.48. The molecule has 0 fully saturated rings. The predicted molar refractivity (Wildman–Crippen MR) is 306 cm³/mol. The van der Waals surface area contributed by atoms with E-state index in [9.17, 15) is 19.8 Å². The van der Waals surface area contributed by atoms with E-state index in [4.69, 9.17) is 4.74 Å². The molecule has 0 aromatic carbocycles. The summed E-state index contributed by atoms with van der Waals surface area (Å²) in [7, 11) is 0. The zero-order chi connectivity index (χ0) is 50.7. The van der Waals surface area contributed by atoms with E-state index in [1.165, 1.54) is 263 Å². The Bertz CT molecular complexity index is 1090. The summed E-state index contributed by atoms with van der Waals surface area (Å²) in [5, 5.41) is 23.2. The summed E-state index contributed by atoms with van der Waals surface area (Å²) in [6.45, 7) is 4.89. The van der Waals surface area contributed by atoms with Crippen LogP contribution >= 0.6 is 0 Å². The standard InChI is InChI=1S/C64H123NO5/c1-3-5-7-9-11-13-15-17-19-21-22-23-24-25-26-27-29-30-32-36-40-44-48-52-56-62(67)61(60-66)65-63(68)57-53-49-45-41-37-34-35-39-43-47-51-55-59-70-64(69)58-54-50-46-42-38-33-31-28-20-18-16-14-12-10-8-6-4-2/h18,20,52,56,61-62,66-67H,3-17,19,21-51,53-55,57-60H2,1-2H3,(H,65,68)/b20-18-,56-52+. The normalized spacial score (nSPS) is 12.7. The van der Waals surface area contributed by atoms with Gasteiger partial charge in [0, 0.05) is 12.8 Å². The zero-order valence-corrected chi connectivity index (χ0v) is 47.3. The van der Waals surface area contributed by atoms with E-state index < -0.39 is 12.1 Å². The summed E-state index contributed by atoms with van der Waals surface area (Å²) in [5.74, 6) is -0.0932. The monoisotopic (exact) mass is 986 g/mol. The van der Waals surface area contributed by atoms with Crippen LogP contribution in [0.4, 0.5) is 0 Å². The topological polar surface area (TPSA) is 95.9 Å². The molecule has 0 aliphatic heterocycles. The minimum atomic E-state index is -0.856. The molecule has 70 heavy (non-hydrogen) atoms. The highest BCUT2D eigenvalue weighted by Gasteiger charge is 2.18. The Hall–Kier alpha value is -1.66. The molecule has 0 saturated heterocycles. The van der Waals surface area contributed by atoms with Crippen LogP contribution in [-0.2, 0) is 14.3 Å². The van der Waals surface area contributed by atoms with Crippen LogP contribution in [0.25, 0.3) is 0 Å². The van der Waals surface area contributed by atoms with Crippen molar-refractivity contribution in [3.8, 4) is 0 Å². The number of unbranched alkanes of at least 4 members (excludes halogenated alkanes) is 46. The first-order valence-electron chi connectivity index (χ1n) is 31.6. The van der Waals surface area contributed by atoms with E-state index in [1.54, 1.807) is 6.08 Å². The van der Waals surface area contributed by atoms with Crippen LogP contribution in [-0.4, -0.2) is 47.4 Å². The number of amides is 1. The number of allylic oxidation sites excluding steroid dienone is 3. The number of carbonyl (C=O) groups is 2. The number of aliphatic hydroxyl groups excluding tert-OH is 2. The number of esters is 1. The lowest BCUT2D eigenvalue weighted by molar-refractivity contribution is -0.143. The van der Waals surface area contributed by atoms with Crippen LogP contribution in [0.5, 0.6) is 0 Å². The second-order valence-electron chi connectivity index (χ2n) is 21.7. The average Bonchev–Trinajstić information content (AvgIpc) is 3.36. The first kappa shape index (κ1) is 68.3. The third-order valence-corrected chi connectivity index (χ3v) is 14.7. The summed E-state index contributed by atoms with van der Waals surface area (Å²) in [4.78, 5) is 24.6. The summed E-state index contributed by atoms with van der Waals surface area (Å²) in [6.07, 6.45) is 73.6. The highest BCUT2D eigenvalue weighted by atomic mass is 16.5. The molecule has 2 unspecified atom stereocenters. The van der Waals surface area contributed by atoms with Gasteiger partial charge in [-0.15, -0.1) is 0 Å². The fourth-order valence-corrected chi connectivity index (χ4v) is 9.87. The Kier molecular flexibility index (Phi) is 58.5. The molecule has 3 N–H and O–H groups in total. The van der Waals surface area contributed by atoms with Gasteiger partial charge in [-0.2, -0.15) is 0 Å². The number of nitrogens with one attached hydrogen (secondary N) is 1. The third-order valence-electron chi connectivity index (χ3n) is 14.7. The van der Waals surface area contributed by atoms with Crippen LogP contribution in [0, 0.1) is 0 Å². The van der Waals surface area contributed by atoms with Gasteiger partial charge < -0.3 is 20.3 Å². The van der Waals surface area contributed by atoms with Crippen molar-refractivity contribution >= 4 is 11.9 Å². The number of aliphatic hydroxyl groups is 2. The number of carbonyl (C=O) groups excluding carboxylic acids is 2. The molecular formula is C64H123NO5. The second-order valence-corrected chi connectivity index (χ2v) is 21.7. The van der Waals surface area contributed by atoms with Crippen molar-refractivity contribution in [2.24, 2.45) is 0 Å². The van der Waals surface area contributed by atoms with Gasteiger partial charge in [0.25, 0.3) is 0 Å². The number of hydrogen-bond acceptors (Lipinski definition) is 5. The molecule has 0 heterocycles. The van der Waals surface area contributed by atoms with Crippen molar-refractivity contribution in [1.82, 2.24) is 5.32 Å². The summed E-state index contributed by atoms with van der Waals surface area (Å²) in [5.41, 5.74) is 0. The zero-order valence-electron chi connectivity index (χ0n) is 47.3. The predicted octanol–water partition coefficient (Wildman–Crippen LogP) is 19.8. The van der Waals surface area contributed by atoms with Gasteiger partial charge in [0.1, 0.15) is 0 Å². The maximum Gasteiger partial charge on any atom is 0.305 e. The number of rotatable bonds is 59. The first-order valence-corrected chi connectivity index (χ1v) is 31.6. The molecule has 1 amide bonds. The van der Waals surface area contributed by atoms with Crippen molar-refractivity contribution < 1.29 is 24.5 Å². The molecule has 0 spiro atoms. The summed E-state index contributed by atoms with van der Waals surface area (Å²) in [6, 6.07) is -0.641. The maximum atomic E-state index is 12.5. The molecule has 0 rings (SSSR count). The van der Waals surface area contributed by atoms with E-state index in [2.05, 4.69) is 31.3 Å². The lowest BCUT2D eigenvalue weighted by Gasteiger charge is -2.20. The van der Waals surface area contributed by atoms with E-state index in [0.717, 1.165) is 57.8 Å². The fraction of sp³-hybridized carbons (Fsp3) is 0.906. The van der Waals surface area contributed by atoms with Crippen LogP contribution in [0.2, 0.25) is 0 Å². The van der Waals surface area contributed by atoms with Crippen LogP contribution < -0.4 is 5.32 Å². The van der Waals surface area contributed by atoms with Crippen molar-refractivity contribution in [2.45, 2.75) is 360 Å². The minimum Gasteiger partial charge on any atom is -0.466 e. The van der Waals surface area contributed by atoms with Crippen molar-refractivity contribution in [3.63, 3.8) is 0 Å². The Morgan fingerprint density at radius 2 is 0.671 bits per heavy atom. The van der Waals surface area contributed by atoms with Crippen molar-refractivity contribution in [1.29, 1.82) is 0 Å². The van der Waals surface area contributed by atoms with Crippen LogP contribution in [0.3, 0.4) is 0 Å². The third kappa shape index (κ3) is 55.7. The molecule has 0 bridgehead atoms. The Balaban J connectivity index is 3.47. The Morgan fingerprint density at radius 3 is 1.01 bits per heavy atom. The average molecular weight is 987 g/mol. The minimum absolute atomic E-state index is 0.0131. The molecule has 0 aliphatic carbocycles. The molecule has 0 aromatic heterocycles. The maximum absolute atomic E-state index is 12.5. The van der Waals surface area contributed by atoms with Crippen LogP contribution in [0.15, 0.2) is 24.3 Å². The molecule has 6 nitrogen and oxygen atoms in total. The molecule has 0 saturated carbocycles. The van der Waals surface area contributed by atoms with Gasteiger partial charge in [-0.3, -0.25) is 9.59 Å². The highest BCUT2D eigenvalue weighted by Crippen LogP contribution is 2.18. The molecule has 0 aromatic rings. The van der Waals surface area contributed by atoms with Crippen molar-refractivity contribution in [3.05, 3.63) is 24.3 Å². The van der Waals surface area contributed by atoms with Crippen LogP contribution in [0.1, 0.15) is 348 Å². The quantitative estimate of drug-likeness (QED) is 0.0321.